The van der Waals surface area contributed by atoms with E-state index in [1.54, 1.807) is 6.08 Å². The molecule has 0 aliphatic rings. The van der Waals surface area contributed by atoms with Gasteiger partial charge in [-0.1, -0.05) is 12.7 Å². The van der Waals surface area contributed by atoms with E-state index < -0.39 is 0 Å². The smallest absolute Gasteiger partial charge is 0.307 e. The molecule has 0 radical (unpaired) electrons. The van der Waals surface area contributed by atoms with Crippen molar-refractivity contribution < 1.29 is 9.53 Å². The molecule has 2 heteroatoms. The first kappa shape index (κ1) is 22.5. The maximum Gasteiger partial charge on any atom is 0.307 e. The van der Waals surface area contributed by atoms with Gasteiger partial charge < -0.3 is 4.74 Å². The third kappa shape index (κ3) is 362. The molecule has 0 aliphatic carbocycles. The highest BCUT2D eigenvalue weighted by atomic mass is 16.5. The van der Waals surface area contributed by atoms with Gasteiger partial charge in [0.05, 0.1) is 6.26 Å². The van der Waals surface area contributed by atoms with Crippen molar-refractivity contribution in [3.8, 4) is 0 Å². The van der Waals surface area contributed by atoms with Crippen molar-refractivity contribution in [1.82, 2.24) is 0 Å². The van der Waals surface area contributed by atoms with Crippen LogP contribution in [0, 0.1) is 0 Å². The molecule has 0 unspecified atom stereocenters. The fourth-order valence-corrected chi connectivity index (χ4v) is 0.117. The summed E-state index contributed by atoms with van der Waals surface area (Å²) in [4.78, 5) is 9.75. The third-order valence-corrected chi connectivity index (χ3v) is 0.249. The molecule has 13 heavy (non-hydrogen) atoms. The molecule has 0 aromatic carbocycles. The standard InChI is InChI=1S/C4H6O2.C3H6.2C2H4/c1-3-6-4(2)5;1-3-2;2*1-2/h3H,1H2,2H3;3H,1H2,2H3;2*1-2H2. The van der Waals surface area contributed by atoms with Crippen molar-refractivity contribution in [2.45, 2.75) is 13.8 Å². The Morgan fingerprint density at radius 3 is 1.38 bits per heavy atom. The molecular formula is C11H20O2. The number of hydrogen-bond donors (Lipinski definition) is 0. The zero-order valence-electron chi connectivity index (χ0n) is 8.71. The van der Waals surface area contributed by atoms with E-state index in [1.165, 1.54) is 6.92 Å². The quantitative estimate of drug-likeness (QED) is 0.354. The molecule has 0 fully saturated rings. The van der Waals surface area contributed by atoms with Crippen molar-refractivity contribution in [3.05, 3.63) is 51.8 Å². The van der Waals surface area contributed by atoms with Gasteiger partial charge in [0.25, 0.3) is 0 Å². The monoisotopic (exact) mass is 184 g/mol. The van der Waals surface area contributed by atoms with Gasteiger partial charge in [0.2, 0.25) is 0 Å². The summed E-state index contributed by atoms with van der Waals surface area (Å²) in [7, 11) is 0. The molecular weight excluding hydrogens is 164 g/mol. The van der Waals surface area contributed by atoms with Crippen LogP contribution in [-0.2, 0) is 9.53 Å². The van der Waals surface area contributed by atoms with Gasteiger partial charge >= 0.3 is 5.97 Å². The summed E-state index contributed by atoms with van der Waals surface area (Å²) in [6.07, 6.45) is 2.85. The molecule has 0 spiro atoms. The lowest BCUT2D eigenvalue weighted by atomic mass is 10.8. The lowest BCUT2D eigenvalue weighted by molar-refractivity contribution is -0.135. The first-order chi connectivity index (χ1) is 6.18. The Morgan fingerprint density at radius 1 is 1.15 bits per heavy atom. The third-order valence-electron chi connectivity index (χ3n) is 0.249. The number of rotatable bonds is 1. The van der Waals surface area contributed by atoms with Crippen LogP contribution in [0.4, 0.5) is 0 Å². The van der Waals surface area contributed by atoms with Gasteiger partial charge in [-0.15, -0.1) is 32.9 Å². The molecule has 2 nitrogen and oxygen atoms in total. The zero-order valence-corrected chi connectivity index (χ0v) is 8.71. The van der Waals surface area contributed by atoms with E-state index in [9.17, 15) is 4.79 Å². The second-order valence-electron chi connectivity index (χ2n) is 1.18. The fourth-order valence-electron chi connectivity index (χ4n) is 0.117. The molecule has 0 aromatic heterocycles. The molecule has 0 saturated carbocycles. The van der Waals surface area contributed by atoms with E-state index in [0.717, 1.165) is 6.26 Å². The minimum absolute atomic E-state index is 0.329. The zero-order chi connectivity index (χ0) is 11.7. The number of esters is 1. The molecule has 0 saturated heterocycles. The Morgan fingerprint density at radius 2 is 1.38 bits per heavy atom. The van der Waals surface area contributed by atoms with Crippen molar-refractivity contribution in [1.29, 1.82) is 0 Å². The highest BCUT2D eigenvalue weighted by Gasteiger charge is 1.79. The predicted octanol–water partition coefficient (Wildman–Crippen LogP) is 3.49. The van der Waals surface area contributed by atoms with Crippen LogP contribution >= 0.6 is 0 Å². The van der Waals surface area contributed by atoms with E-state index in [0.29, 0.717) is 0 Å². The Balaban J connectivity index is -0.0000000493. The first-order valence-electron chi connectivity index (χ1n) is 3.54. The van der Waals surface area contributed by atoms with Crippen LogP contribution in [0.3, 0.4) is 0 Å². The van der Waals surface area contributed by atoms with E-state index in [4.69, 9.17) is 0 Å². The van der Waals surface area contributed by atoms with Gasteiger partial charge in [0.15, 0.2) is 0 Å². The Kier molecular flexibility index (Phi) is 81.9. The predicted molar refractivity (Wildman–Crippen MR) is 60.3 cm³/mol. The maximum absolute atomic E-state index is 9.75. The Hall–Kier alpha value is -1.57. The van der Waals surface area contributed by atoms with Crippen molar-refractivity contribution in [3.63, 3.8) is 0 Å². The first-order valence-corrected chi connectivity index (χ1v) is 3.54. The number of hydrogen-bond acceptors (Lipinski definition) is 2. The van der Waals surface area contributed by atoms with Crippen LogP contribution in [0.15, 0.2) is 51.8 Å². The SMILES string of the molecule is C=C.C=C.C=CC.C=COC(C)=O. The van der Waals surface area contributed by atoms with Crippen LogP contribution in [0.25, 0.3) is 0 Å². The Labute approximate surface area is 81.9 Å². The van der Waals surface area contributed by atoms with Gasteiger partial charge in [-0.3, -0.25) is 4.79 Å². The van der Waals surface area contributed by atoms with E-state index >= 15 is 0 Å². The lowest BCUT2D eigenvalue weighted by Gasteiger charge is -1.83. The number of carbonyl (C=O) groups excluding carboxylic acids is 1. The molecule has 0 atom stereocenters. The van der Waals surface area contributed by atoms with Crippen molar-refractivity contribution in [2.24, 2.45) is 0 Å². The number of carbonyl (C=O) groups is 1. The summed E-state index contributed by atoms with van der Waals surface area (Å²) in [6, 6.07) is 0. The second-order valence-corrected chi connectivity index (χ2v) is 1.18. The fraction of sp³-hybridized carbons (Fsp3) is 0.182. The molecule has 0 aliphatic heterocycles. The average molecular weight is 184 g/mol. The van der Waals surface area contributed by atoms with Gasteiger partial charge in [0, 0.05) is 6.92 Å². The van der Waals surface area contributed by atoms with Crippen LogP contribution in [0.5, 0.6) is 0 Å². The highest BCUT2D eigenvalue weighted by molar-refractivity contribution is 5.66. The molecule has 0 bridgehead atoms. The van der Waals surface area contributed by atoms with Gasteiger partial charge in [-0.05, 0) is 6.92 Å². The van der Waals surface area contributed by atoms with Crippen LogP contribution in [0.1, 0.15) is 13.8 Å². The van der Waals surface area contributed by atoms with E-state index in [1.807, 2.05) is 6.92 Å². The van der Waals surface area contributed by atoms with Gasteiger partial charge in [-0.2, -0.15) is 0 Å². The maximum atomic E-state index is 9.75. The summed E-state index contributed by atoms with van der Waals surface area (Å²) in [5.41, 5.74) is 0. The van der Waals surface area contributed by atoms with Gasteiger partial charge in [0.1, 0.15) is 0 Å². The summed E-state index contributed by atoms with van der Waals surface area (Å²) >= 11 is 0. The summed E-state index contributed by atoms with van der Waals surface area (Å²) in [5.74, 6) is -0.329. The molecule has 76 valence electrons. The highest BCUT2D eigenvalue weighted by Crippen LogP contribution is 1.70. The molecule has 0 N–H and O–H groups in total. The van der Waals surface area contributed by atoms with Crippen molar-refractivity contribution >= 4 is 5.97 Å². The molecule has 0 amide bonds. The van der Waals surface area contributed by atoms with E-state index in [2.05, 4.69) is 44.2 Å². The second kappa shape index (κ2) is 47.3. The Bertz CT molecular complexity index is 115. The number of allylic oxidation sites excluding steroid dienone is 1. The van der Waals surface area contributed by atoms with Gasteiger partial charge in [-0.25, -0.2) is 0 Å². The summed E-state index contributed by atoms with van der Waals surface area (Å²) < 4.78 is 4.17. The average Bonchev–Trinajstić information content (AvgIpc) is 2.12. The minimum Gasteiger partial charge on any atom is -0.435 e. The molecule has 0 aromatic rings. The summed E-state index contributed by atoms with van der Waals surface area (Å²) in [5, 5.41) is 0. The van der Waals surface area contributed by atoms with E-state index in [-0.39, 0.29) is 5.97 Å². The molecule has 0 rings (SSSR count). The van der Waals surface area contributed by atoms with Crippen LogP contribution in [-0.4, -0.2) is 5.97 Å². The van der Waals surface area contributed by atoms with Crippen LogP contribution in [0.2, 0.25) is 0 Å². The minimum atomic E-state index is -0.329. The normalized spacial score (nSPS) is 4.77. The largest absolute Gasteiger partial charge is 0.435 e. The lowest BCUT2D eigenvalue weighted by Crippen LogP contribution is -1.87. The summed E-state index contributed by atoms with van der Waals surface area (Å²) in [6.45, 7) is 21.7. The topological polar surface area (TPSA) is 26.3 Å². The number of ether oxygens (including phenoxy) is 1. The molecule has 0 heterocycles. The van der Waals surface area contributed by atoms with Crippen molar-refractivity contribution in [2.75, 3.05) is 0 Å². The van der Waals surface area contributed by atoms with Crippen LogP contribution < -0.4 is 0 Å².